The van der Waals surface area contributed by atoms with Crippen molar-refractivity contribution in [2.45, 2.75) is 0 Å². The minimum atomic E-state index is -3.40. The largest absolute Gasteiger partial charge is 0.492 e. The summed E-state index contributed by atoms with van der Waals surface area (Å²) in [5.74, 6) is 0.141. The Hall–Kier alpha value is -0.850. The van der Waals surface area contributed by atoms with Crippen molar-refractivity contribution in [1.29, 1.82) is 0 Å². The molecular formula is C10H13ClFNO3S. The van der Waals surface area contributed by atoms with Crippen LogP contribution in [0.3, 0.4) is 0 Å². The van der Waals surface area contributed by atoms with Crippen molar-refractivity contribution in [3.8, 4) is 5.75 Å². The minimum absolute atomic E-state index is 0.179. The van der Waals surface area contributed by atoms with Gasteiger partial charge in [0.15, 0.2) is 0 Å². The quantitative estimate of drug-likeness (QED) is 0.745. The molecule has 0 radical (unpaired) electrons. The zero-order valence-corrected chi connectivity index (χ0v) is 10.8. The van der Waals surface area contributed by atoms with Gasteiger partial charge in [0.1, 0.15) is 23.4 Å². The molecule has 0 bridgehead atoms. The van der Waals surface area contributed by atoms with Crippen LogP contribution in [0.4, 0.5) is 4.39 Å². The van der Waals surface area contributed by atoms with E-state index in [0.717, 1.165) is 4.31 Å². The summed E-state index contributed by atoms with van der Waals surface area (Å²) < 4.78 is 41.5. The molecule has 17 heavy (non-hydrogen) atoms. The number of likely N-dealkylation sites (N-methyl/N-ethyl adjacent to an activating group) is 1. The Balaban J connectivity index is 2.41. The van der Waals surface area contributed by atoms with Gasteiger partial charge in [-0.2, -0.15) is 0 Å². The summed E-state index contributed by atoms with van der Waals surface area (Å²) in [5, 5.41) is -0.458. The highest BCUT2D eigenvalue weighted by atomic mass is 35.5. The first-order valence-corrected chi connectivity index (χ1v) is 6.98. The van der Waals surface area contributed by atoms with E-state index in [4.69, 9.17) is 16.3 Å². The van der Waals surface area contributed by atoms with Crippen molar-refractivity contribution >= 4 is 21.6 Å². The maximum atomic E-state index is 12.6. The van der Waals surface area contributed by atoms with Crippen LogP contribution in [0.5, 0.6) is 5.75 Å². The molecule has 96 valence electrons. The fraction of sp³-hybridized carbons (Fsp3) is 0.400. The summed E-state index contributed by atoms with van der Waals surface area (Å²) in [7, 11) is -1.98. The molecule has 0 fully saturated rings. The number of hydrogen-bond acceptors (Lipinski definition) is 3. The van der Waals surface area contributed by atoms with Gasteiger partial charge in [0.05, 0.1) is 0 Å². The lowest BCUT2D eigenvalue weighted by molar-refractivity contribution is 0.287. The number of alkyl halides is 1. The third-order valence-electron chi connectivity index (χ3n) is 2.10. The molecule has 0 N–H and O–H groups in total. The Morgan fingerprint density at radius 1 is 1.35 bits per heavy atom. The first-order valence-electron chi connectivity index (χ1n) is 4.84. The Morgan fingerprint density at radius 3 is 2.47 bits per heavy atom. The second-order valence-electron chi connectivity index (χ2n) is 3.34. The van der Waals surface area contributed by atoms with E-state index in [1.165, 1.54) is 31.3 Å². The fourth-order valence-corrected chi connectivity index (χ4v) is 2.06. The van der Waals surface area contributed by atoms with Gasteiger partial charge in [-0.05, 0) is 24.3 Å². The van der Waals surface area contributed by atoms with Gasteiger partial charge in [0.25, 0.3) is 0 Å². The fourth-order valence-electron chi connectivity index (χ4n) is 1.05. The number of hydrogen-bond donors (Lipinski definition) is 0. The highest BCUT2D eigenvalue weighted by Gasteiger charge is 2.15. The van der Waals surface area contributed by atoms with Crippen molar-refractivity contribution < 1.29 is 17.5 Å². The molecule has 0 unspecified atom stereocenters. The number of nitrogens with zero attached hydrogens (tertiary/aromatic N) is 1. The van der Waals surface area contributed by atoms with Crippen LogP contribution in [0.2, 0.25) is 0 Å². The van der Waals surface area contributed by atoms with Gasteiger partial charge in [0, 0.05) is 13.6 Å². The SMILES string of the molecule is CN(CCOc1ccc(F)cc1)S(=O)(=O)CCl. The molecule has 0 spiro atoms. The molecule has 7 heteroatoms. The van der Waals surface area contributed by atoms with Gasteiger partial charge in [0.2, 0.25) is 10.0 Å². The molecule has 4 nitrogen and oxygen atoms in total. The lowest BCUT2D eigenvalue weighted by Gasteiger charge is -2.15. The molecule has 0 aliphatic heterocycles. The normalized spacial score (nSPS) is 11.8. The van der Waals surface area contributed by atoms with Crippen LogP contribution in [-0.4, -0.2) is 38.1 Å². The molecule has 1 rings (SSSR count). The maximum absolute atomic E-state index is 12.6. The van der Waals surface area contributed by atoms with Crippen molar-refractivity contribution in [2.24, 2.45) is 0 Å². The van der Waals surface area contributed by atoms with E-state index >= 15 is 0 Å². The van der Waals surface area contributed by atoms with E-state index in [0.29, 0.717) is 5.75 Å². The summed E-state index contributed by atoms with van der Waals surface area (Å²) in [6.45, 7) is 0.366. The number of ether oxygens (including phenoxy) is 1. The smallest absolute Gasteiger partial charge is 0.228 e. The van der Waals surface area contributed by atoms with E-state index in [1.807, 2.05) is 0 Å². The predicted molar refractivity (Wildman–Crippen MR) is 64.2 cm³/mol. The first-order chi connectivity index (χ1) is 7.95. The highest BCUT2D eigenvalue weighted by Crippen LogP contribution is 2.11. The summed E-state index contributed by atoms with van der Waals surface area (Å²) in [4.78, 5) is 0. The van der Waals surface area contributed by atoms with Crippen LogP contribution in [0, 0.1) is 5.82 Å². The molecule has 1 aromatic rings. The van der Waals surface area contributed by atoms with Crippen molar-refractivity contribution in [2.75, 3.05) is 25.4 Å². The Labute approximate surface area is 105 Å². The van der Waals surface area contributed by atoms with E-state index in [9.17, 15) is 12.8 Å². The van der Waals surface area contributed by atoms with Crippen LogP contribution in [-0.2, 0) is 10.0 Å². The van der Waals surface area contributed by atoms with Gasteiger partial charge in [-0.25, -0.2) is 17.1 Å². The summed E-state index contributed by atoms with van der Waals surface area (Å²) in [6.07, 6.45) is 0. The molecule has 0 saturated carbocycles. The standard InChI is InChI=1S/C10H13ClFNO3S/c1-13(17(14,15)8-11)6-7-16-10-4-2-9(12)3-5-10/h2-5H,6-8H2,1H3. The molecule has 1 aromatic carbocycles. The van der Waals surface area contributed by atoms with Gasteiger partial charge >= 0.3 is 0 Å². The Morgan fingerprint density at radius 2 is 1.94 bits per heavy atom. The molecule has 0 aliphatic rings. The predicted octanol–water partition coefficient (Wildman–Crippen LogP) is 1.66. The minimum Gasteiger partial charge on any atom is -0.492 e. The van der Waals surface area contributed by atoms with Gasteiger partial charge in [-0.15, -0.1) is 11.6 Å². The molecule has 0 aliphatic carbocycles. The highest BCUT2D eigenvalue weighted by molar-refractivity contribution is 7.90. The van der Waals surface area contributed by atoms with E-state index in [-0.39, 0.29) is 19.0 Å². The lowest BCUT2D eigenvalue weighted by atomic mass is 10.3. The van der Waals surface area contributed by atoms with Gasteiger partial charge < -0.3 is 4.74 Å². The molecule has 0 atom stereocenters. The third-order valence-corrected chi connectivity index (χ3v) is 4.34. The van der Waals surface area contributed by atoms with Crippen LogP contribution in [0.1, 0.15) is 0 Å². The topological polar surface area (TPSA) is 46.6 Å². The van der Waals surface area contributed by atoms with Gasteiger partial charge in [-0.1, -0.05) is 0 Å². The Kier molecular flexibility index (Phi) is 5.17. The molecule has 0 saturated heterocycles. The summed E-state index contributed by atoms with van der Waals surface area (Å²) in [5.41, 5.74) is 0. The summed E-state index contributed by atoms with van der Waals surface area (Å²) >= 11 is 5.29. The lowest BCUT2D eigenvalue weighted by Crippen LogP contribution is -2.31. The average molecular weight is 282 g/mol. The first kappa shape index (κ1) is 14.2. The molecule has 0 aromatic heterocycles. The number of rotatable bonds is 6. The second kappa shape index (κ2) is 6.18. The monoisotopic (exact) mass is 281 g/mol. The molecule has 0 amide bonds. The van der Waals surface area contributed by atoms with Gasteiger partial charge in [-0.3, -0.25) is 0 Å². The van der Waals surface area contributed by atoms with Crippen LogP contribution in [0.15, 0.2) is 24.3 Å². The van der Waals surface area contributed by atoms with Crippen molar-refractivity contribution in [3.05, 3.63) is 30.1 Å². The summed E-state index contributed by atoms with van der Waals surface area (Å²) in [6, 6.07) is 5.50. The van der Waals surface area contributed by atoms with Crippen LogP contribution >= 0.6 is 11.6 Å². The number of halogens is 2. The zero-order valence-electron chi connectivity index (χ0n) is 9.27. The zero-order chi connectivity index (χ0) is 12.9. The van der Waals surface area contributed by atoms with E-state index in [2.05, 4.69) is 0 Å². The van der Waals surface area contributed by atoms with Crippen molar-refractivity contribution in [1.82, 2.24) is 4.31 Å². The third kappa shape index (κ3) is 4.49. The van der Waals surface area contributed by atoms with Crippen LogP contribution in [0.25, 0.3) is 0 Å². The molecular weight excluding hydrogens is 269 g/mol. The Bertz CT molecular complexity index is 449. The maximum Gasteiger partial charge on any atom is 0.228 e. The average Bonchev–Trinajstić information content (AvgIpc) is 2.31. The van der Waals surface area contributed by atoms with E-state index < -0.39 is 15.2 Å². The number of sulfonamides is 1. The second-order valence-corrected chi connectivity index (χ2v) is 6.00. The van der Waals surface area contributed by atoms with Crippen LogP contribution < -0.4 is 4.74 Å². The van der Waals surface area contributed by atoms with E-state index in [1.54, 1.807) is 0 Å². The number of benzene rings is 1. The molecule has 0 heterocycles. The van der Waals surface area contributed by atoms with Crippen molar-refractivity contribution in [3.63, 3.8) is 0 Å².